The Hall–Kier alpha value is -2.51. The summed E-state index contributed by atoms with van der Waals surface area (Å²) in [5.41, 5.74) is 4.40. The quantitative estimate of drug-likeness (QED) is 0.678. The van der Waals surface area contributed by atoms with E-state index >= 15 is 0 Å². The molecule has 2 aliphatic heterocycles. The predicted octanol–water partition coefficient (Wildman–Crippen LogP) is 3.64. The second-order valence-electron chi connectivity index (χ2n) is 7.59. The summed E-state index contributed by atoms with van der Waals surface area (Å²) in [6.45, 7) is 1.35. The van der Waals surface area contributed by atoms with Gasteiger partial charge in [0.25, 0.3) is 5.91 Å². The number of rotatable bonds is 4. The molecular formula is C23H23N3O2S2. The number of nitrogens with zero attached hydrogens (tertiary/aromatic N) is 2. The highest BCUT2D eigenvalue weighted by molar-refractivity contribution is 7.98. The van der Waals surface area contributed by atoms with Gasteiger partial charge >= 0.3 is 0 Å². The number of aromatic nitrogens is 1. The highest BCUT2D eigenvalue weighted by Gasteiger charge is 2.27. The molecule has 2 amide bonds. The van der Waals surface area contributed by atoms with Crippen LogP contribution in [-0.4, -0.2) is 40.1 Å². The van der Waals surface area contributed by atoms with Crippen molar-refractivity contribution in [2.45, 2.75) is 25.1 Å². The van der Waals surface area contributed by atoms with Crippen molar-refractivity contribution >= 4 is 34.9 Å². The third-order valence-corrected chi connectivity index (χ3v) is 8.16. The standard InChI is InChI=1S/C23H23N3O2S2/c27-20(26-11-7-16-5-1-2-6-17(16)14-26)13-24-22(28)21-18-8-12-29-15-19(18)30-23(21)25-9-3-4-10-25/h1-6,9-10H,7-8,11-15H2,(H,24,28). The molecule has 30 heavy (non-hydrogen) atoms. The van der Waals surface area contributed by atoms with E-state index in [0.717, 1.165) is 40.5 Å². The summed E-state index contributed by atoms with van der Waals surface area (Å²) >= 11 is 3.60. The van der Waals surface area contributed by atoms with Crippen LogP contribution in [0.3, 0.4) is 0 Å². The molecule has 0 unspecified atom stereocenters. The lowest BCUT2D eigenvalue weighted by Gasteiger charge is -2.29. The van der Waals surface area contributed by atoms with Crippen molar-refractivity contribution < 1.29 is 9.59 Å². The number of benzene rings is 1. The molecule has 0 atom stereocenters. The van der Waals surface area contributed by atoms with Crippen LogP contribution in [0, 0.1) is 0 Å². The summed E-state index contributed by atoms with van der Waals surface area (Å²) in [6, 6.07) is 12.2. The molecule has 4 heterocycles. The van der Waals surface area contributed by atoms with Crippen molar-refractivity contribution in [2.75, 3.05) is 18.8 Å². The summed E-state index contributed by atoms with van der Waals surface area (Å²) in [6.07, 6.45) is 5.70. The van der Waals surface area contributed by atoms with Gasteiger partial charge in [-0.15, -0.1) is 11.3 Å². The average molecular weight is 438 g/mol. The van der Waals surface area contributed by atoms with Crippen molar-refractivity contribution in [3.8, 4) is 5.00 Å². The zero-order chi connectivity index (χ0) is 20.5. The lowest BCUT2D eigenvalue weighted by molar-refractivity contribution is -0.131. The molecule has 7 heteroatoms. The van der Waals surface area contributed by atoms with E-state index in [1.165, 1.54) is 16.0 Å². The van der Waals surface area contributed by atoms with Gasteiger partial charge in [0.2, 0.25) is 5.91 Å². The molecule has 0 saturated carbocycles. The van der Waals surface area contributed by atoms with Crippen molar-refractivity contribution in [2.24, 2.45) is 0 Å². The highest BCUT2D eigenvalue weighted by atomic mass is 32.2. The van der Waals surface area contributed by atoms with Gasteiger partial charge in [0, 0.05) is 36.1 Å². The maximum Gasteiger partial charge on any atom is 0.255 e. The van der Waals surface area contributed by atoms with Crippen LogP contribution in [0.25, 0.3) is 5.00 Å². The average Bonchev–Trinajstić information content (AvgIpc) is 3.44. The molecule has 0 radical (unpaired) electrons. The maximum atomic E-state index is 13.2. The van der Waals surface area contributed by atoms with E-state index in [0.29, 0.717) is 13.1 Å². The third kappa shape index (κ3) is 3.68. The molecule has 3 aromatic rings. The minimum Gasteiger partial charge on any atom is -0.343 e. The molecule has 0 saturated heterocycles. The van der Waals surface area contributed by atoms with Crippen molar-refractivity contribution in [3.05, 3.63) is 75.9 Å². The molecule has 0 spiro atoms. The molecule has 0 aliphatic carbocycles. The third-order valence-electron chi connectivity index (χ3n) is 5.75. The zero-order valence-electron chi connectivity index (χ0n) is 16.6. The van der Waals surface area contributed by atoms with Gasteiger partial charge < -0.3 is 14.8 Å². The first kappa shape index (κ1) is 19.5. The topological polar surface area (TPSA) is 54.3 Å². The van der Waals surface area contributed by atoms with Crippen LogP contribution in [0.4, 0.5) is 0 Å². The van der Waals surface area contributed by atoms with Gasteiger partial charge in [-0.1, -0.05) is 24.3 Å². The van der Waals surface area contributed by atoms with Crippen LogP contribution in [0.15, 0.2) is 48.8 Å². The first-order valence-electron chi connectivity index (χ1n) is 10.2. The van der Waals surface area contributed by atoms with Gasteiger partial charge in [-0.05, 0) is 47.4 Å². The lowest BCUT2D eigenvalue weighted by Crippen LogP contribution is -2.42. The molecule has 0 fully saturated rings. The van der Waals surface area contributed by atoms with Crippen molar-refractivity contribution in [1.82, 2.24) is 14.8 Å². The minimum atomic E-state index is -0.145. The predicted molar refractivity (Wildman–Crippen MR) is 121 cm³/mol. The Morgan fingerprint density at radius 2 is 1.83 bits per heavy atom. The fraction of sp³-hybridized carbons (Fsp3) is 0.304. The fourth-order valence-electron chi connectivity index (χ4n) is 4.17. The highest BCUT2D eigenvalue weighted by Crippen LogP contribution is 2.38. The smallest absolute Gasteiger partial charge is 0.255 e. The first-order valence-corrected chi connectivity index (χ1v) is 12.2. The number of carbonyl (C=O) groups is 2. The van der Waals surface area contributed by atoms with Crippen LogP contribution < -0.4 is 5.32 Å². The summed E-state index contributed by atoms with van der Waals surface area (Å²) < 4.78 is 2.01. The van der Waals surface area contributed by atoms with E-state index in [-0.39, 0.29) is 18.4 Å². The van der Waals surface area contributed by atoms with Crippen LogP contribution in [0.1, 0.15) is 31.9 Å². The number of thiophene rings is 1. The van der Waals surface area contributed by atoms with E-state index in [2.05, 4.69) is 17.4 Å². The van der Waals surface area contributed by atoms with Crippen LogP contribution >= 0.6 is 23.1 Å². The molecule has 154 valence electrons. The summed E-state index contributed by atoms with van der Waals surface area (Å²) in [5.74, 6) is 1.81. The largest absolute Gasteiger partial charge is 0.343 e. The number of carbonyl (C=O) groups excluding carboxylic acids is 2. The summed E-state index contributed by atoms with van der Waals surface area (Å²) in [4.78, 5) is 29.1. The summed E-state index contributed by atoms with van der Waals surface area (Å²) in [5, 5.41) is 3.86. The fourth-order valence-corrected chi connectivity index (χ4v) is 6.61. The van der Waals surface area contributed by atoms with Gasteiger partial charge in [0.15, 0.2) is 0 Å². The van der Waals surface area contributed by atoms with Gasteiger partial charge in [-0.25, -0.2) is 0 Å². The van der Waals surface area contributed by atoms with E-state index in [1.807, 2.05) is 57.9 Å². The number of nitrogens with one attached hydrogen (secondary N) is 1. The van der Waals surface area contributed by atoms with Gasteiger partial charge in [-0.3, -0.25) is 9.59 Å². The molecule has 0 bridgehead atoms. The minimum absolute atomic E-state index is 0.0278. The first-order chi connectivity index (χ1) is 14.7. The lowest BCUT2D eigenvalue weighted by atomic mass is 10.00. The van der Waals surface area contributed by atoms with E-state index < -0.39 is 0 Å². The Bertz CT molecular complexity index is 1090. The monoisotopic (exact) mass is 437 g/mol. The number of fused-ring (bicyclic) bond motifs is 2. The molecule has 1 aromatic carbocycles. The molecule has 5 nitrogen and oxygen atoms in total. The van der Waals surface area contributed by atoms with Gasteiger partial charge in [0.05, 0.1) is 12.1 Å². The number of hydrogen-bond donors (Lipinski definition) is 1. The Morgan fingerprint density at radius 1 is 1.03 bits per heavy atom. The molecule has 5 rings (SSSR count). The van der Waals surface area contributed by atoms with Gasteiger partial charge in [-0.2, -0.15) is 11.8 Å². The zero-order valence-corrected chi connectivity index (χ0v) is 18.2. The number of hydrogen-bond acceptors (Lipinski definition) is 4. The van der Waals surface area contributed by atoms with E-state index in [4.69, 9.17) is 0 Å². The maximum absolute atomic E-state index is 13.2. The molecular weight excluding hydrogens is 414 g/mol. The SMILES string of the molecule is O=C(NCC(=O)N1CCc2ccccc2C1)c1c(-n2cccc2)sc2c1CCSC2. The Kier molecular flexibility index (Phi) is 5.39. The second kappa shape index (κ2) is 8.32. The summed E-state index contributed by atoms with van der Waals surface area (Å²) in [7, 11) is 0. The molecule has 1 N–H and O–H groups in total. The van der Waals surface area contributed by atoms with E-state index in [1.54, 1.807) is 11.3 Å². The van der Waals surface area contributed by atoms with Crippen molar-refractivity contribution in [1.29, 1.82) is 0 Å². The molecule has 2 aromatic heterocycles. The number of amides is 2. The van der Waals surface area contributed by atoms with Crippen LogP contribution in [0.2, 0.25) is 0 Å². The molecule has 2 aliphatic rings. The Morgan fingerprint density at radius 3 is 2.67 bits per heavy atom. The van der Waals surface area contributed by atoms with Gasteiger partial charge in [0.1, 0.15) is 5.00 Å². The van der Waals surface area contributed by atoms with Crippen LogP contribution in [-0.2, 0) is 29.9 Å². The normalized spacial score (nSPS) is 15.4. The van der Waals surface area contributed by atoms with Crippen molar-refractivity contribution in [3.63, 3.8) is 0 Å². The van der Waals surface area contributed by atoms with Crippen LogP contribution in [0.5, 0.6) is 0 Å². The second-order valence-corrected chi connectivity index (χ2v) is 9.78. The Balaban J connectivity index is 1.31. The van der Waals surface area contributed by atoms with E-state index in [9.17, 15) is 9.59 Å². The Labute approximate surface area is 184 Å². The number of thioether (sulfide) groups is 1.